The number of hydrogen-bond donors (Lipinski definition) is 0. The Balaban J connectivity index is 1.33. The normalized spacial score (nSPS) is 13.9. The van der Waals surface area contributed by atoms with Crippen LogP contribution in [0.25, 0.3) is 16.7 Å². The van der Waals surface area contributed by atoms with Crippen LogP contribution in [-0.2, 0) is 11.2 Å². The van der Waals surface area contributed by atoms with Crippen LogP contribution in [0.15, 0.2) is 42.7 Å². The molecule has 0 N–H and O–H groups in total. The van der Waals surface area contributed by atoms with Gasteiger partial charge in [-0.3, -0.25) is 4.79 Å². The minimum atomic E-state index is 0.136. The van der Waals surface area contributed by atoms with Gasteiger partial charge in [-0.25, -0.2) is 14.6 Å². The van der Waals surface area contributed by atoms with Gasteiger partial charge in [0.15, 0.2) is 5.65 Å². The molecular formula is C27H31N7O2. The summed E-state index contributed by atoms with van der Waals surface area (Å²) in [6, 6.07) is 10.0. The second-order valence-electron chi connectivity index (χ2n) is 9.17. The van der Waals surface area contributed by atoms with Gasteiger partial charge in [-0.1, -0.05) is 17.7 Å². The van der Waals surface area contributed by atoms with E-state index < -0.39 is 0 Å². The molecule has 36 heavy (non-hydrogen) atoms. The van der Waals surface area contributed by atoms with Gasteiger partial charge < -0.3 is 14.5 Å². The first-order chi connectivity index (χ1) is 17.5. The third-order valence-corrected chi connectivity index (χ3v) is 6.86. The fourth-order valence-electron chi connectivity index (χ4n) is 4.86. The van der Waals surface area contributed by atoms with E-state index in [1.165, 1.54) is 5.56 Å². The number of carbonyl (C=O) groups is 1. The molecule has 9 nitrogen and oxygen atoms in total. The number of aromatic nitrogens is 5. The first-order valence-corrected chi connectivity index (χ1v) is 12.3. The van der Waals surface area contributed by atoms with Crippen molar-refractivity contribution in [3.8, 4) is 11.6 Å². The van der Waals surface area contributed by atoms with Crippen molar-refractivity contribution in [3.63, 3.8) is 0 Å². The van der Waals surface area contributed by atoms with Crippen molar-refractivity contribution < 1.29 is 9.53 Å². The highest BCUT2D eigenvalue weighted by molar-refractivity contribution is 5.86. The number of amides is 1. The summed E-state index contributed by atoms with van der Waals surface area (Å²) in [5.74, 6) is 1.40. The molecule has 1 aliphatic rings. The second-order valence-corrected chi connectivity index (χ2v) is 9.17. The van der Waals surface area contributed by atoms with Crippen LogP contribution in [0.4, 0.5) is 5.95 Å². The molecule has 3 aromatic heterocycles. The number of pyridine rings is 1. The van der Waals surface area contributed by atoms with Crippen molar-refractivity contribution in [1.82, 2.24) is 29.6 Å². The number of piperazine rings is 1. The number of anilines is 1. The van der Waals surface area contributed by atoms with Crippen LogP contribution in [0.3, 0.4) is 0 Å². The van der Waals surface area contributed by atoms with Gasteiger partial charge in [0.1, 0.15) is 0 Å². The molecule has 1 fully saturated rings. The number of nitrogens with zero attached hydrogens (tertiary/aromatic N) is 7. The lowest BCUT2D eigenvalue weighted by Gasteiger charge is -2.34. The Kier molecular flexibility index (Phi) is 6.54. The van der Waals surface area contributed by atoms with Gasteiger partial charge in [0.25, 0.3) is 0 Å². The molecule has 0 unspecified atom stereocenters. The van der Waals surface area contributed by atoms with Crippen molar-refractivity contribution in [1.29, 1.82) is 0 Å². The number of hydrogen-bond acceptors (Lipinski definition) is 7. The average molecular weight is 486 g/mol. The van der Waals surface area contributed by atoms with E-state index in [4.69, 9.17) is 14.8 Å². The third-order valence-electron chi connectivity index (χ3n) is 6.86. The standard InChI is InChI=1S/C27H31N7O2/c1-18-6-8-21(9-7-18)34-25-24(20(3)31-34)19(2)22(26(30-25)36-4)10-11-23(35)32-14-16-33(17-15-32)27-28-12-5-13-29-27/h5-9,12-13H,10-11,14-17H2,1-4H3. The minimum Gasteiger partial charge on any atom is -0.481 e. The highest BCUT2D eigenvalue weighted by Crippen LogP contribution is 2.32. The Morgan fingerprint density at radius 2 is 1.69 bits per heavy atom. The maximum Gasteiger partial charge on any atom is 0.225 e. The molecule has 0 spiro atoms. The zero-order chi connectivity index (χ0) is 25.2. The second kappa shape index (κ2) is 9.93. The first-order valence-electron chi connectivity index (χ1n) is 12.3. The fourth-order valence-corrected chi connectivity index (χ4v) is 4.86. The van der Waals surface area contributed by atoms with Gasteiger partial charge in [0, 0.05) is 55.9 Å². The summed E-state index contributed by atoms with van der Waals surface area (Å²) in [6.07, 6.45) is 4.45. The van der Waals surface area contributed by atoms with E-state index in [0.29, 0.717) is 37.8 Å². The van der Waals surface area contributed by atoms with Gasteiger partial charge in [-0.15, -0.1) is 0 Å². The summed E-state index contributed by atoms with van der Waals surface area (Å²) >= 11 is 0. The van der Waals surface area contributed by atoms with E-state index in [1.807, 2.05) is 28.6 Å². The summed E-state index contributed by atoms with van der Waals surface area (Å²) in [7, 11) is 1.63. The molecule has 9 heteroatoms. The van der Waals surface area contributed by atoms with Gasteiger partial charge in [0.2, 0.25) is 17.7 Å². The lowest BCUT2D eigenvalue weighted by atomic mass is 10.0. The molecule has 0 bridgehead atoms. The molecular weight excluding hydrogens is 454 g/mol. The van der Waals surface area contributed by atoms with Gasteiger partial charge >= 0.3 is 0 Å². The quantitative estimate of drug-likeness (QED) is 0.413. The van der Waals surface area contributed by atoms with Crippen molar-refractivity contribution in [2.24, 2.45) is 0 Å². The lowest BCUT2D eigenvalue weighted by molar-refractivity contribution is -0.131. The Morgan fingerprint density at radius 1 is 1.00 bits per heavy atom. The van der Waals surface area contributed by atoms with Crippen molar-refractivity contribution in [3.05, 3.63) is 65.1 Å². The van der Waals surface area contributed by atoms with E-state index in [2.05, 4.69) is 40.8 Å². The number of benzene rings is 1. The van der Waals surface area contributed by atoms with Crippen LogP contribution in [0, 0.1) is 20.8 Å². The molecule has 0 atom stereocenters. The molecule has 4 aromatic rings. The first kappa shape index (κ1) is 23.7. The van der Waals surface area contributed by atoms with Crippen LogP contribution in [0.2, 0.25) is 0 Å². The number of methoxy groups -OCH3 is 1. The monoisotopic (exact) mass is 485 g/mol. The summed E-state index contributed by atoms with van der Waals surface area (Å²) in [4.78, 5) is 30.6. The molecule has 1 amide bonds. The van der Waals surface area contributed by atoms with E-state index in [9.17, 15) is 4.79 Å². The summed E-state index contributed by atoms with van der Waals surface area (Å²) in [5, 5.41) is 5.79. The van der Waals surface area contributed by atoms with Crippen molar-refractivity contribution >= 4 is 22.9 Å². The van der Waals surface area contributed by atoms with Gasteiger partial charge in [0.05, 0.1) is 18.5 Å². The Bertz CT molecular complexity index is 1380. The van der Waals surface area contributed by atoms with Crippen LogP contribution < -0.4 is 9.64 Å². The molecule has 4 heterocycles. The zero-order valence-corrected chi connectivity index (χ0v) is 21.2. The van der Waals surface area contributed by atoms with Crippen molar-refractivity contribution in [2.75, 3.05) is 38.2 Å². The average Bonchev–Trinajstić information content (AvgIpc) is 3.25. The number of carbonyl (C=O) groups excluding carboxylic acids is 1. The van der Waals surface area contributed by atoms with Crippen LogP contribution >= 0.6 is 0 Å². The predicted octanol–water partition coefficient (Wildman–Crippen LogP) is 3.43. The van der Waals surface area contributed by atoms with E-state index in [-0.39, 0.29) is 5.91 Å². The maximum absolute atomic E-state index is 13.1. The highest BCUT2D eigenvalue weighted by atomic mass is 16.5. The zero-order valence-electron chi connectivity index (χ0n) is 21.2. The maximum atomic E-state index is 13.1. The molecule has 0 saturated carbocycles. The highest BCUT2D eigenvalue weighted by Gasteiger charge is 2.24. The molecule has 0 aliphatic carbocycles. The third kappa shape index (κ3) is 4.48. The van der Waals surface area contributed by atoms with Crippen molar-refractivity contribution in [2.45, 2.75) is 33.6 Å². The van der Waals surface area contributed by atoms with E-state index >= 15 is 0 Å². The van der Waals surface area contributed by atoms with Gasteiger partial charge in [-0.2, -0.15) is 10.1 Å². The van der Waals surface area contributed by atoms with Crippen LogP contribution in [-0.4, -0.2) is 68.8 Å². The van der Waals surface area contributed by atoms with E-state index in [0.717, 1.165) is 46.6 Å². The lowest BCUT2D eigenvalue weighted by Crippen LogP contribution is -2.49. The summed E-state index contributed by atoms with van der Waals surface area (Å²) in [5.41, 5.74) is 5.84. The summed E-state index contributed by atoms with van der Waals surface area (Å²) in [6.45, 7) is 8.90. The van der Waals surface area contributed by atoms with Crippen LogP contribution in [0.5, 0.6) is 5.88 Å². The Morgan fingerprint density at radius 3 is 2.36 bits per heavy atom. The molecule has 1 aromatic carbocycles. The minimum absolute atomic E-state index is 0.136. The number of aryl methyl sites for hydroxylation is 3. The largest absolute Gasteiger partial charge is 0.481 e. The Labute approximate surface area is 210 Å². The SMILES string of the molecule is COc1nc2c(c(C)nn2-c2ccc(C)cc2)c(C)c1CCC(=O)N1CCN(c2ncccn2)CC1. The molecule has 1 saturated heterocycles. The Hall–Kier alpha value is -4.01. The smallest absolute Gasteiger partial charge is 0.225 e. The summed E-state index contributed by atoms with van der Waals surface area (Å²) < 4.78 is 7.56. The van der Waals surface area contributed by atoms with Gasteiger partial charge in [-0.05, 0) is 51.0 Å². The molecule has 1 aliphatic heterocycles. The van der Waals surface area contributed by atoms with E-state index in [1.54, 1.807) is 25.6 Å². The number of fused-ring (bicyclic) bond motifs is 1. The van der Waals surface area contributed by atoms with Crippen LogP contribution in [0.1, 0.15) is 28.8 Å². The number of rotatable bonds is 6. The fraction of sp³-hybridized carbons (Fsp3) is 0.370. The molecule has 0 radical (unpaired) electrons. The predicted molar refractivity (Wildman–Crippen MR) is 139 cm³/mol. The molecule has 5 rings (SSSR count). The molecule has 186 valence electrons. The number of ether oxygens (including phenoxy) is 1. The topological polar surface area (TPSA) is 89.3 Å².